The van der Waals surface area contributed by atoms with Gasteiger partial charge in [-0.15, -0.1) is 0 Å². The smallest absolute Gasteiger partial charge is 0.221 e. The number of methoxy groups -OCH3 is 2. The molecule has 0 saturated heterocycles. The van der Waals surface area contributed by atoms with E-state index in [1.165, 1.54) is 0 Å². The van der Waals surface area contributed by atoms with Gasteiger partial charge in [-0.05, 0) is 53.9 Å². The summed E-state index contributed by atoms with van der Waals surface area (Å²) in [7, 11) is 3.30. The Morgan fingerprint density at radius 1 is 0.590 bits per heavy atom. The maximum absolute atomic E-state index is 5.83. The number of ether oxygens (including phenoxy) is 3. The molecular weight excluding hydrogens is 486 g/mol. The molecule has 0 aliphatic rings. The van der Waals surface area contributed by atoms with Crippen LogP contribution in [-0.4, -0.2) is 35.8 Å². The van der Waals surface area contributed by atoms with Crippen LogP contribution in [0, 0.1) is 0 Å². The van der Waals surface area contributed by atoms with E-state index in [9.17, 15) is 0 Å². The summed E-state index contributed by atoms with van der Waals surface area (Å²) in [5.74, 6) is 1.78. The Balaban J connectivity index is 1.41. The number of rotatable bonds is 8. The van der Waals surface area contributed by atoms with Gasteiger partial charge in [0.1, 0.15) is 0 Å². The molecule has 6 rings (SSSR count). The second kappa shape index (κ2) is 10.6. The van der Waals surface area contributed by atoms with E-state index in [1.54, 1.807) is 14.2 Å². The number of fused-ring (bicyclic) bond motifs is 3. The molecule has 3 aromatic carbocycles. The molecule has 6 aromatic rings. The SMILES string of the molecule is CCCCOc1ccc2ccc(-c3cc4ccc(-c5cc6ccccc6nc5OC)cc4nc3OC)cc2n1. The fourth-order valence-corrected chi connectivity index (χ4v) is 4.81. The number of unbranched alkanes of at least 4 members (excludes halogenated alkanes) is 1. The van der Waals surface area contributed by atoms with Gasteiger partial charge in [-0.3, -0.25) is 0 Å². The van der Waals surface area contributed by atoms with E-state index >= 15 is 0 Å². The van der Waals surface area contributed by atoms with Gasteiger partial charge in [0.25, 0.3) is 0 Å². The third-order valence-corrected chi connectivity index (χ3v) is 6.89. The van der Waals surface area contributed by atoms with Crippen molar-refractivity contribution in [1.82, 2.24) is 15.0 Å². The zero-order chi connectivity index (χ0) is 26.8. The molecule has 39 heavy (non-hydrogen) atoms. The zero-order valence-corrected chi connectivity index (χ0v) is 22.3. The molecule has 194 valence electrons. The Hall–Kier alpha value is -4.71. The van der Waals surface area contributed by atoms with Gasteiger partial charge in [0, 0.05) is 33.4 Å². The molecule has 0 radical (unpaired) electrons. The third-order valence-electron chi connectivity index (χ3n) is 6.89. The molecule has 0 amide bonds. The predicted octanol–water partition coefficient (Wildman–Crippen LogP) is 7.86. The van der Waals surface area contributed by atoms with Crippen LogP contribution in [0.2, 0.25) is 0 Å². The average Bonchev–Trinajstić information content (AvgIpc) is 2.99. The molecule has 0 unspecified atom stereocenters. The minimum absolute atomic E-state index is 0.554. The first-order chi connectivity index (χ1) is 19.2. The van der Waals surface area contributed by atoms with Crippen molar-refractivity contribution in [1.29, 1.82) is 0 Å². The van der Waals surface area contributed by atoms with E-state index in [2.05, 4.69) is 61.5 Å². The van der Waals surface area contributed by atoms with E-state index in [1.807, 2.05) is 30.3 Å². The van der Waals surface area contributed by atoms with Gasteiger partial charge in [-0.1, -0.05) is 55.8 Å². The molecule has 0 aliphatic heterocycles. The monoisotopic (exact) mass is 515 g/mol. The molecule has 0 fully saturated rings. The van der Waals surface area contributed by atoms with Gasteiger partial charge in [0.05, 0.1) is 37.4 Å². The average molecular weight is 516 g/mol. The Kier molecular flexibility index (Phi) is 6.68. The molecular formula is C33H29N3O3. The highest BCUT2D eigenvalue weighted by Crippen LogP contribution is 2.37. The fourth-order valence-electron chi connectivity index (χ4n) is 4.81. The van der Waals surface area contributed by atoms with E-state index < -0.39 is 0 Å². The molecule has 0 spiro atoms. The summed E-state index contributed by atoms with van der Waals surface area (Å²) in [5.41, 5.74) is 6.38. The summed E-state index contributed by atoms with van der Waals surface area (Å²) in [4.78, 5) is 14.3. The van der Waals surface area contributed by atoms with E-state index in [-0.39, 0.29) is 0 Å². The molecule has 6 nitrogen and oxygen atoms in total. The molecule has 0 atom stereocenters. The molecule has 0 bridgehead atoms. The standard InChI is InChI=1S/C33H29N3O3/c1-4-5-16-39-31-15-14-21-10-11-22(19-29(21)34-31)27-18-25-13-12-23(20-30(25)36-33(27)38-3)26-17-24-8-6-7-9-28(24)35-32(26)37-2/h6-15,17-20H,4-5,16H2,1-3H3. The van der Waals surface area contributed by atoms with Crippen molar-refractivity contribution >= 4 is 32.7 Å². The lowest BCUT2D eigenvalue weighted by Gasteiger charge is -2.13. The molecule has 0 aliphatic carbocycles. The first-order valence-electron chi connectivity index (χ1n) is 13.1. The first-order valence-corrected chi connectivity index (χ1v) is 13.1. The van der Waals surface area contributed by atoms with Crippen LogP contribution in [0.5, 0.6) is 17.6 Å². The number of para-hydroxylation sites is 1. The quantitative estimate of drug-likeness (QED) is 0.192. The Labute approximate surface area is 227 Å². The highest BCUT2D eigenvalue weighted by atomic mass is 16.5. The van der Waals surface area contributed by atoms with E-state index in [0.29, 0.717) is 24.2 Å². The predicted molar refractivity (Wildman–Crippen MR) is 157 cm³/mol. The van der Waals surface area contributed by atoms with Gasteiger partial charge in [0.2, 0.25) is 17.6 Å². The van der Waals surface area contributed by atoms with E-state index in [4.69, 9.17) is 29.2 Å². The van der Waals surface area contributed by atoms with Crippen LogP contribution in [0.3, 0.4) is 0 Å². The number of benzene rings is 3. The van der Waals surface area contributed by atoms with Crippen LogP contribution >= 0.6 is 0 Å². The topological polar surface area (TPSA) is 66.4 Å². The number of nitrogens with zero attached hydrogens (tertiary/aromatic N) is 3. The van der Waals surface area contributed by atoms with Crippen LogP contribution in [0.1, 0.15) is 19.8 Å². The second-order valence-electron chi connectivity index (χ2n) is 9.45. The lowest BCUT2D eigenvalue weighted by Crippen LogP contribution is -1.98. The van der Waals surface area contributed by atoms with Crippen LogP contribution < -0.4 is 14.2 Å². The van der Waals surface area contributed by atoms with Crippen LogP contribution in [-0.2, 0) is 0 Å². The lowest BCUT2D eigenvalue weighted by molar-refractivity contribution is 0.299. The summed E-state index contributed by atoms with van der Waals surface area (Å²) >= 11 is 0. The van der Waals surface area contributed by atoms with Crippen LogP contribution in [0.25, 0.3) is 55.0 Å². The van der Waals surface area contributed by atoms with Gasteiger partial charge in [0.15, 0.2) is 0 Å². The second-order valence-corrected chi connectivity index (χ2v) is 9.45. The van der Waals surface area contributed by atoms with Crippen molar-refractivity contribution in [3.63, 3.8) is 0 Å². The van der Waals surface area contributed by atoms with Gasteiger partial charge in [-0.2, -0.15) is 0 Å². The molecule has 3 aromatic heterocycles. The molecule has 6 heteroatoms. The van der Waals surface area contributed by atoms with Gasteiger partial charge < -0.3 is 14.2 Å². The van der Waals surface area contributed by atoms with Gasteiger partial charge >= 0.3 is 0 Å². The summed E-state index contributed by atoms with van der Waals surface area (Å²) < 4.78 is 17.2. The van der Waals surface area contributed by atoms with Crippen molar-refractivity contribution in [2.75, 3.05) is 20.8 Å². The normalized spacial score (nSPS) is 11.3. The summed E-state index contributed by atoms with van der Waals surface area (Å²) in [6.45, 7) is 2.81. The van der Waals surface area contributed by atoms with E-state index in [0.717, 1.165) is 67.8 Å². The fraction of sp³-hybridized carbons (Fsp3) is 0.182. The molecule has 0 N–H and O–H groups in total. The first kappa shape index (κ1) is 24.6. The summed E-state index contributed by atoms with van der Waals surface area (Å²) in [6.07, 6.45) is 2.09. The molecule has 3 heterocycles. The zero-order valence-electron chi connectivity index (χ0n) is 22.3. The van der Waals surface area contributed by atoms with Crippen molar-refractivity contribution in [3.8, 4) is 39.9 Å². The van der Waals surface area contributed by atoms with Crippen molar-refractivity contribution in [2.45, 2.75) is 19.8 Å². The van der Waals surface area contributed by atoms with Crippen molar-refractivity contribution in [3.05, 3.63) is 84.9 Å². The number of hydrogen-bond acceptors (Lipinski definition) is 6. The maximum Gasteiger partial charge on any atom is 0.221 e. The Morgan fingerprint density at radius 2 is 1.18 bits per heavy atom. The Bertz CT molecular complexity index is 1820. The highest BCUT2D eigenvalue weighted by molar-refractivity contribution is 5.93. The number of pyridine rings is 3. The number of hydrogen-bond donors (Lipinski definition) is 0. The number of aromatic nitrogens is 3. The maximum atomic E-state index is 5.83. The van der Waals surface area contributed by atoms with Crippen molar-refractivity contribution in [2.24, 2.45) is 0 Å². The van der Waals surface area contributed by atoms with Gasteiger partial charge in [-0.25, -0.2) is 15.0 Å². The summed E-state index contributed by atoms with van der Waals surface area (Å²) in [6, 6.07) is 28.6. The lowest BCUT2D eigenvalue weighted by atomic mass is 10.00. The third kappa shape index (κ3) is 4.81. The Morgan fingerprint density at radius 3 is 1.87 bits per heavy atom. The minimum Gasteiger partial charge on any atom is -0.481 e. The minimum atomic E-state index is 0.554. The largest absolute Gasteiger partial charge is 0.481 e. The van der Waals surface area contributed by atoms with Crippen LogP contribution in [0.4, 0.5) is 0 Å². The highest BCUT2D eigenvalue weighted by Gasteiger charge is 2.14. The van der Waals surface area contributed by atoms with Crippen LogP contribution in [0.15, 0.2) is 84.9 Å². The molecule has 0 saturated carbocycles. The summed E-state index contributed by atoms with van der Waals surface area (Å²) in [5, 5.41) is 3.11. The van der Waals surface area contributed by atoms with Crippen molar-refractivity contribution < 1.29 is 14.2 Å².